The van der Waals surface area contributed by atoms with E-state index in [2.05, 4.69) is 15.0 Å². The summed E-state index contributed by atoms with van der Waals surface area (Å²) in [7, 11) is -4.10. The number of guanidine groups is 1. The summed E-state index contributed by atoms with van der Waals surface area (Å²) < 4.78 is 28.6. The number of nitrogens with zero attached hydrogens (tertiary/aromatic N) is 1. The summed E-state index contributed by atoms with van der Waals surface area (Å²) in [5.74, 6) is -2.13. The predicted octanol–water partition coefficient (Wildman–Crippen LogP) is 1.97. The lowest BCUT2D eigenvalue weighted by atomic mass is 10.0. The highest BCUT2D eigenvalue weighted by Crippen LogP contribution is 2.28. The SMILES string of the molecule is NC(N)=NCCC[C@H](NC(=O)c1ccc(-c2ccccc2)cc1NS(=O)(=O)c1ccc(N)cc1)C(=O)O. The van der Waals surface area contributed by atoms with E-state index in [-0.39, 0.29) is 35.1 Å². The number of anilines is 2. The molecule has 0 unspecified atom stereocenters. The predicted molar refractivity (Wildman–Crippen MR) is 142 cm³/mol. The smallest absolute Gasteiger partial charge is 0.326 e. The Balaban J connectivity index is 1.93. The number of carboxylic acids is 1. The van der Waals surface area contributed by atoms with Gasteiger partial charge in [0.15, 0.2) is 5.96 Å². The first kappa shape index (κ1) is 27.0. The topological polar surface area (TPSA) is 203 Å². The Morgan fingerprint density at radius 1 is 0.946 bits per heavy atom. The van der Waals surface area contributed by atoms with Gasteiger partial charge in [-0.2, -0.15) is 0 Å². The number of hydrogen-bond donors (Lipinski definition) is 6. The average molecular weight is 525 g/mol. The molecule has 3 rings (SSSR count). The van der Waals surface area contributed by atoms with Gasteiger partial charge in [0, 0.05) is 12.2 Å². The second-order valence-corrected chi connectivity index (χ2v) is 9.80. The number of carboxylic acid groups (broad SMARTS) is 1. The lowest BCUT2D eigenvalue weighted by molar-refractivity contribution is -0.139. The molecule has 0 spiro atoms. The number of aliphatic imine (C=N–C) groups is 1. The Bertz CT molecular complexity index is 1390. The van der Waals surface area contributed by atoms with Crippen molar-refractivity contribution in [2.45, 2.75) is 23.8 Å². The van der Waals surface area contributed by atoms with E-state index in [0.29, 0.717) is 17.7 Å². The van der Waals surface area contributed by atoms with Crippen LogP contribution in [-0.2, 0) is 14.8 Å². The average Bonchev–Trinajstić information content (AvgIpc) is 2.86. The third kappa shape index (κ3) is 7.45. The first-order valence-corrected chi connectivity index (χ1v) is 12.7. The van der Waals surface area contributed by atoms with E-state index in [1.54, 1.807) is 6.07 Å². The van der Waals surface area contributed by atoms with Crippen molar-refractivity contribution in [3.63, 3.8) is 0 Å². The van der Waals surface area contributed by atoms with E-state index >= 15 is 0 Å². The van der Waals surface area contributed by atoms with Crippen molar-refractivity contribution in [2.75, 3.05) is 17.0 Å². The normalized spacial score (nSPS) is 11.8. The van der Waals surface area contributed by atoms with Crippen molar-refractivity contribution in [3.05, 3.63) is 78.4 Å². The van der Waals surface area contributed by atoms with E-state index in [9.17, 15) is 23.1 Å². The van der Waals surface area contributed by atoms with Gasteiger partial charge < -0.3 is 27.6 Å². The molecule has 11 nitrogen and oxygen atoms in total. The molecule has 194 valence electrons. The zero-order chi connectivity index (χ0) is 27.0. The number of hydrogen-bond acceptors (Lipinski definition) is 6. The summed E-state index contributed by atoms with van der Waals surface area (Å²) in [4.78, 5) is 28.6. The number of nitrogens with one attached hydrogen (secondary N) is 2. The van der Waals surface area contributed by atoms with E-state index in [1.165, 1.54) is 36.4 Å². The number of carbonyl (C=O) groups excluding carboxylic acids is 1. The van der Waals surface area contributed by atoms with Crippen LogP contribution in [0, 0.1) is 0 Å². The molecule has 12 heteroatoms. The van der Waals surface area contributed by atoms with Crippen LogP contribution in [0.15, 0.2) is 82.7 Å². The van der Waals surface area contributed by atoms with Crippen LogP contribution in [0.25, 0.3) is 11.1 Å². The number of benzene rings is 3. The van der Waals surface area contributed by atoms with Crippen molar-refractivity contribution >= 4 is 39.2 Å². The molecule has 0 saturated carbocycles. The Kier molecular flexibility index (Phi) is 8.69. The lowest BCUT2D eigenvalue weighted by Crippen LogP contribution is -2.41. The first-order chi connectivity index (χ1) is 17.6. The van der Waals surface area contributed by atoms with Crippen LogP contribution < -0.4 is 27.2 Å². The van der Waals surface area contributed by atoms with Crippen molar-refractivity contribution in [2.24, 2.45) is 16.5 Å². The third-order valence-corrected chi connectivity index (χ3v) is 6.74. The van der Waals surface area contributed by atoms with Gasteiger partial charge in [0.1, 0.15) is 6.04 Å². The molecule has 0 bridgehead atoms. The van der Waals surface area contributed by atoms with E-state index < -0.39 is 27.9 Å². The maximum Gasteiger partial charge on any atom is 0.326 e. The fraction of sp³-hybridized carbons (Fsp3) is 0.160. The number of nitrogen functional groups attached to an aromatic ring is 1. The second-order valence-electron chi connectivity index (χ2n) is 8.11. The highest BCUT2D eigenvalue weighted by molar-refractivity contribution is 7.92. The van der Waals surface area contributed by atoms with Gasteiger partial charge in [0.2, 0.25) is 0 Å². The van der Waals surface area contributed by atoms with Gasteiger partial charge in [-0.15, -0.1) is 0 Å². The summed E-state index contributed by atoms with van der Waals surface area (Å²) in [6.45, 7) is 0.195. The summed E-state index contributed by atoms with van der Waals surface area (Å²) in [6.07, 6.45) is 0.366. The van der Waals surface area contributed by atoms with E-state index in [4.69, 9.17) is 17.2 Å². The highest BCUT2D eigenvalue weighted by Gasteiger charge is 2.24. The fourth-order valence-electron chi connectivity index (χ4n) is 3.48. The molecule has 9 N–H and O–H groups in total. The van der Waals surface area contributed by atoms with Crippen molar-refractivity contribution in [1.82, 2.24) is 5.32 Å². The van der Waals surface area contributed by atoms with Gasteiger partial charge >= 0.3 is 5.97 Å². The van der Waals surface area contributed by atoms with E-state index in [1.807, 2.05) is 30.3 Å². The van der Waals surface area contributed by atoms with Crippen LogP contribution in [0.1, 0.15) is 23.2 Å². The number of nitrogens with two attached hydrogens (primary N) is 3. The zero-order valence-electron chi connectivity index (χ0n) is 19.8. The number of aliphatic carboxylic acids is 1. The van der Waals surface area contributed by atoms with Crippen molar-refractivity contribution in [3.8, 4) is 11.1 Å². The Morgan fingerprint density at radius 3 is 2.24 bits per heavy atom. The molecule has 0 fully saturated rings. The Morgan fingerprint density at radius 2 is 1.62 bits per heavy atom. The molecule has 0 aliphatic rings. The molecule has 0 heterocycles. The summed E-state index contributed by atoms with van der Waals surface area (Å²) in [5.41, 5.74) is 18.0. The van der Waals surface area contributed by atoms with Gasteiger partial charge in [-0.05, 0) is 60.4 Å². The lowest BCUT2D eigenvalue weighted by Gasteiger charge is -2.18. The Labute approximate surface area is 214 Å². The van der Waals surface area contributed by atoms with Gasteiger partial charge in [0.25, 0.3) is 15.9 Å². The fourth-order valence-corrected chi connectivity index (χ4v) is 4.56. The second kappa shape index (κ2) is 11.9. The maximum atomic E-state index is 13.1. The molecule has 3 aromatic carbocycles. The van der Waals surface area contributed by atoms with Crippen LogP contribution in [0.2, 0.25) is 0 Å². The highest BCUT2D eigenvalue weighted by atomic mass is 32.2. The minimum Gasteiger partial charge on any atom is -0.480 e. The molecule has 1 atom stereocenters. The number of sulfonamides is 1. The maximum absolute atomic E-state index is 13.1. The molecule has 0 aliphatic carbocycles. The van der Waals surface area contributed by atoms with Crippen LogP contribution in [0.5, 0.6) is 0 Å². The molecular formula is C25H28N6O5S. The minimum atomic E-state index is -4.10. The zero-order valence-corrected chi connectivity index (χ0v) is 20.6. The molecule has 3 aromatic rings. The molecular weight excluding hydrogens is 496 g/mol. The largest absolute Gasteiger partial charge is 0.480 e. The summed E-state index contributed by atoms with van der Waals surface area (Å²) >= 11 is 0. The monoisotopic (exact) mass is 524 g/mol. The molecule has 1 amide bonds. The number of rotatable bonds is 11. The third-order valence-electron chi connectivity index (χ3n) is 5.35. The number of carbonyl (C=O) groups is 2. The molecule has 0 aromatic heterocycles. The van der Waals surface area contributed by atoms with Crippen LogP contribution in [-0.4, -0.2) is 43.9 Å². The van der Waals surface area contributed by atoms with Crippen molar-refractivity contribution < 1.29 is 23.1 Å². The van der Waals surface area contributed by atoms with Crippen LogP contribution in [0.4, 0.5) is 11.4 Å². The standard InChI is InChI=1S/C25H28N6O5S/c26-18-9-11-19(12-10-18)37(35,36)31-22-15-17(16-5-2-1-3-6-16)8-13-20(22)23(32)30-21(24(33)34)7-4-14-29-25(27)28/h1-3,5-6,8-13,15,21,31H,4,7,14,26H2,(H,30,32)(H,33,34)(H4,27,28,29)/t21-/m0/s1. The van der Waals surface area contributed by atoms with Gasteiger partial charge in [-0.1, -0.05) is 36.4 Å². The van der Waals surface area contributed by atoms with Gasteiger partial charge in [0.05, 0.1) is 16.1 Å². The van der Waals surface area contributed by atoms with Crippen LogP contribution in [0.3, 0.4) is 0 Å². The number of amides is 1. The van der Waals surface area contributed by atoms with Crippen molar-refractivity contribution in [1.29, 1.82) is 0 Å². The Hall–Kier alpha value is -4.58. The minimum absolute atomic E-state index is 0.0136. The van der Waals surface area contributed by atoms with Gasteiger partial charge in [-0.25, -0.2) is 13.2 Å². The quantitative estimate of drug-likeness (QED) is 0.0944. The molecule has 0 aliphatic heterocycles. The summed E-state index contributed by atoms with van der Waals surface area (Å²) in [5, 5.41) is 12.0. The molecule has 37 heavy (non-hydrogen) atoms. The van der Waals surface area contributed by atoms with E-state index in [0.717, 1.165) is 5.56 Å². The molecule has 0 saturated heterocycles. The first-order valence-electron chi connectivity index (χ1n) is 11.2. The molecule has 0 radical (unpaired) electrons. The van der Waals surface area contributed by atoms with Gasteiger partial charge in [-0.3, -0.25) is 14.5 Å². The summed E-state index contributed by atoms with van der Waals surface area (Å²) in [6, 6.07) is 18.1. The van der Waals surface area contributed by atoms with Crippen LogP contribution >= 0.6 is 0 Å².